The lowest BCUT2D eigenvalue weighted by molar-refractivity contribution is -0.138. The van der Waals surface area contributed by atoms with Crippen molar-refractivity contribution in [1.82, 2.24) is 30.4 Å². The van der Waals surface area contributed by atoms with Gasteiger partial charge >= 0.3 is 6.18 Å². The average molecular weight is 539 g/mol. The summed E-state index contributed by atoms with van der Waals surface area (Å²) in [4.78, 5) is 23.9. The molecule has 11 heteroatoms. The minimum Gasteiger partial charge on any atom is -0.389 e. The first kappa shape index (κ1) is 26.8. The molecule has 0 saturated carbocycles. The molecule has 1 aliphatic rings. The molecule has 1 aliphatic heterocycles. The molecule has 0 bridgehead atoms. The van der Waals surface area contributed by atoms with E-state index in [4.69, 9.17) is 0 Å². The van der Waals surface area contributed by atoms with Gasteiger partial charge in [-0.3, -0.25) is 19.8 Å². The number of hydrogen-bond acceptors (Lipinski definition) is 6. The van der Waals surface area contributed by atoms with E-state index in [1.54, 1.807) is 32.2 Å². The normalized spacial score (nSPS) is 18.5. The number of aromatic nitrogens is 4. The largest absolute Gasteiger partial charge is 0.416 e. The van der Waals surface area contributed by atoms with Gasteiger partial charge in [-0.05, 0) is 50.6 Å². The van der Waals surface area contributed by atoms with Gasteiger partial charge in [0.1, 0.15) is 5.69 Å². The predicted octanol–water partition coefficient (Wildman–Crippen LogP) is 4.32. The summed E-state index contributed by atoms with van der Waals surface area (Å²) >= 11 is 0. The molecule has 8 nitrogen and oxygen atoms in total. The first-order valence-corrected chi connectivity index (χ1v) is 12.6. The third kappa shape index (κ3) is 5.79. The van der Waals surface area contributed by atoms with Crippen LogP contribution in [-0.2, 0) is 6.18 Å². The number of aryl methyl sites for hydroxylation is 1. The van der Waals surface area contributed by atoms with Crippen LogP contribution in [0.25, 0.3) is 22.3 Å². The second-order valence-electron chi connectivity index (χ2n) is 10.7. The number of alkyl halides is 3. The summed E-state index contributed by atoms with van der Waals surface area (Å²) in [5.41, 5.74) is 1.36. The van der Waals surface area contributed by atoms with Crippen LogP contribution in [0.1, 0.15) is 46.9 Å². The number of amides is 1. The third-order valence-electron chi connectivity index (χ3n) is 6.84. The summed E-state index contributed by atoms with van der Waals surface area (Å²) in [6.07, 6.45) is -1.44. The second kappa shape index (κ2) is 10.0. The van der Waals surface area contributed by atoms with Gasteiger partial charge in [-0.2, -0.15) is 18.3 Å². The minimum atomic E-state index is -4.53. The SMILES string of the molecule is Cc1cc(-c2n[nH]c3ncc(C(=O)NC4CN(CC(C)(C)O)CC4c4ccccc4C(F)(F)F)cc23)ccn1. The Balaban J connectivity index is 1.46. The van der Waals surface area contributed by atoms with Crippen molar-refractivity contribution in [2.24, 2.45) is 0 Å². The number of aromatic amines is 1. The number of nitrogens with zero attached hydrogens (tertiary/aromatic N) is 4. The lowest BCUT2D eigenvalue weighted by atomic mass is 9.90. The number of β-amino-alcohol motifs (C(OH)–C–C–N with tert-alkyl or cyclic N) is 1. The van der Waals surface area contributed by atoms with Crippen LogP contribution in [0.2, 0.25) is 0 Å². The van der Waals surface area contributed by atoms with Crippen LogP contribution < -0.4 is 5.32 Å². The van der Waals surface area contributed by atoms with Crippen LogP contribution in [0, 0.1) is 6.92 Å². The summed E-state index contributed by atoms with van der Waals surface area (Å²) < 4.78 is 41.6. The number of carbonyl (C=O) groups excluding carboxylic acids is 1. The zero-order chi connectivity index (χ0) is 27.9. The van der Waals surface area contributed by atoms with Gasteiger partial charge in [0.15, 0.2) is 5.65 Å². The van der Waals surface area contributed by atoms with Gasteiger partial charge in [-0.25, -0.2) is 4.98 Å². The molecule has 0 radical (unpaired) electrons. The van der Waals surface area contributed by atoms with Crippen molar-refractivity contribution in [2.45, 2.75) is 44.5 Å². The lowest BCUT2D eigenvalue weighted by Crippen LogP contribution is -2.42. The summed E-state index contributed by atoms with van der Waals surface area (Å²) in [6, 6.07) is 10.2. The molecule has 0 aliphatic carbocycles. The summed E-state index contributed by atoms with van der Waals surface area (Å²) in [7, 11) is 0. The highest BCUT2D eigenvalue weighted by molar-refractivity contribution is 6.00. The van der Waals surface area contributed by atoms with Crippen LogP contribution in [0.4, 0.5) is 13.2 Å². The summed E-state index contributed by atoms with van der Waals surface area (Å²) in [5.74, 6) is -1.08. The lowest BCUT2D eigenvalue weighted by Gasteiger charge is -2.25. The van der Waals surface area contributed by atoms with Crippen molar-refractivity contribution in [2.75, 3.05) is 19.6 Å². The average Bonchev–Trinajstić information content (AvgIpc) is 3.45. The van der Waals surface area contributed by atoms with E-state index >= 15 is 0 Å². The number of benzene rings is 1. The van der Waals surface area contributed by atoms with Crippen LogP contribution in [0.15, 0.2) is 54.9 Å². The zero-order valence-corrected chi connectivity index (χ0v) is 21.8. The summed E-state index contributed by atoms with van der Waals surface area (Å²) in [5, 5.41) is 21.2. The van der Waals surface area contributed by atoms with Gasteiger partial charge in [0.05, 0.1) is 16.7 Å². The van der Waals surface area contributed by atoms with Gasteiger partial charge in [0, 0.05) is 60.6 Å². The monoisotopic (exact) mass is 538 g/mol. The van der Waals surface area contributed by atoms with E-state index in [0.29, 0.717) is 16.7 Å². The van der Waals surface area contributed by atoms with E-state index in [2.05, 4.69) is 25.5 Å². The van der Waals surface area contributed by atoms with Gasteiger partial charge < -0.3 is 10.4 Å². The fraction of sp³-hybridized carbons (Fsp3) is 0.357. The third-order valence-corrected chi connectivity index (χ3v) is 6.84. The van der Waals surface area contributed by atoms with Crippen LogP contribution >= 0.6 is 0 Å². The van der Waals surface area contributed by atoms with E-state index < -0.39 is 35.2 Å². The molecule has 1 amide bonds. The number of pyridine rings is 2. The topological polar surface area (TPSA) is 107 Å². The van der Waals surface area contributed by atoms with E-state index in [0.717, 1.165) is 17.3 Å². The van der Waals surface area contributed by atoms with Gasteiger partial charge in [-0.1, -0.05) is 18.2 Å². The van der Waals surface area contributed by atoms with Crippen molar-refractivity contribution >= 4 is 16.9 Å². The molecular weight excluding hydrogens is 509 g/mol. The van der Waals surface area contributed by atoms with Gasteiger partial charge in [-0.15, -0.1) is 0 Å². The number of halogens is 3. The molecule has 3 N–H and O–H groups in total. The second-order valence-corrected chi connectivity index (χ2v) is 10.7. The maximum atomic E-state index is 13.9. The number of likely N-dealkylation sites (tertiary alicyclic amines) is 1. The molecule has 3 aromatic heterocycles. The summed E-state index contributed by atoms with van der Waals surface area (Å²) in [6.45, 7) is 5.95. The highest BCUT2D eigenvalue weighted by atomic mass is 19.4. The molecule has 39 heavy (non-hydrogen) atoms. The Morgan fingerprint density at radius 1 is 1.15 bits per heavy atom. The van der Waals surface area contributed by atoms with Crippen molar-refractivity contribution < 1.29 is 23.1 Å². The number of nitrogens with one attached hydrogen (secondary N) is 2. The van der Waals surface area contributed by atoms with Crippen molar-refractivity contribution in [3.8, 4) is 11.3 Å². The van der Waals surface area contributed by atoms with Crippen LogP contribution in [0.5, 0.6) is 0 Å². The smallest absolute Gasteiger partial charge is 0.389 e. The quantitative estimate of drug-likeness (QED) is 0.338. The number of fused-ring (bicyclic) bond motifs is 1. The van der Waals surface area contributed by atoms with E-state index in [1.165, 1.54) is 18.3 Å². The molecule has 1 aromatic carbocycles. The van der Waals surface area contributed by atoms with Crippen molar-refractivity contribution in [1.29, 1.82) is 0 Å². The Bertz CT molecular complexity index is 1510. The first-order chi connectivity index (χ1) is 18.4. The van der Waals surface area contributed by atoms with E-state index in [9.17, 15) is 23.1 Å². The fourth-order valence-electron chi connectivity index (χ4n) is 5.29. The van der Waals surface area contributed by atoms with Crippen molar-refractivity contribution in [3.05, 3.63) is 77.2 Å². The standard InChI is InChI=1S/C28H29F3N6O2/c1-16-10-17(8-9-32-16)24-20-11-18(12-33-25(20)36-35-24)26(38)34-23-14-37(15-27(2,3)39)13-21(23)19-6-4-5-7-22(19)28(29,30)31/h4-12,21,23,39H,13-15H2,1-3H3,(H,34,38)(H,33,35,36). The molecular formula is C28H29F3N6O2. The Labute approximate surface area is 223 Å². The number of aliphatic hydroxyl groups is 1. The molecule has 2 atom stereocenters. The molecule has 4 heterocycles. The Hall–Kier alpha value is -3.83. The molecule has 1 fully saturated rings. The van der Waals surface area contributed by atoms with Crippen LogP contribution in [0.3, 0.4) is 0 Å². The maximum Gasteiger partial charge on any atom is 0.416 e. The maximum absolute atomic E-state index is 13.9. The molecule has 4 aromatic rings. The number of hydrogen-bond donors (Lipinski definition) is 3. The number of H-pyrrole nitrogens is 1. The Morgan fingerprint density at radius 2 is 1.92 bits per heavy atom. The van der Waals surface area contributed by atoms with E-state index in [1.807, 2.05) is 24.0 Å². The minimum absolute atomic E-state index is 0.118. The van der Waals surface area contributed by atoms with E-state index in [-0.39, 0.29) is 30.8 Å². The molecule has 2 unspecified atom stereocenters. The first-order valence-electron chi connectivity index (χ1n) is 12.6. The molecule has 5 rings (SSSR count). The van der Waals surface area contributed by atoms with Gasteiger partial charge in [0.25, 0.3) is 5.91 Å². The zero-order valence-electron chi connectivity index (χ0n) is 21.8. The number of rotatable bonds is 6. The highest BCUT2D eigenvalue weighted by Crippen LogP contribution is 2.39. The van der Waals surface area contributed by atoms with Crippen LogP contribution in [-0.4, -0.2) is 67.4 Å². The predicted molar refractivity (Wildman–Crippen MR) is 140 cm³/mol. The Morgan fingerprint density at radius 3 is 2.64 bits per heavy atom. The number of carbonyl (C=O) groups is 1. The van der Waals surface area contributed by atoms with Crippen molar-refractivity contribution in [3.63, 3.8) is 0 Å². The molecule has 204 valence electrons. The Kier molecular flexibility index (Phi) is 6.90. The highest BCUT2D eigenvalue weighted by Gasteiger charge is 2.42. The molecule has 1 saturated heterocycles. The van der Waals surface area contributed by atoms with Gasteiger partial charge in [0.2, 0.25) is 0 Å². The fourth-order valence-corrected chi connectivity index (χ4v) is 5.29. The molecule has 0 spiro atoms.